The van der Waals surface area contributed by atoms with Crippen molar-refractivity contribution in [1.82, 2.24) is 0 Å². The van der Waals surface area contributed by atoms with Crippen LogP contribution in [0.4, 0.5) is 0 Å². The van der Waals surface area contributed by atoms with E-state index >= 15 is 0 Å². The van der Waals surface area contributed by atoms with Crippen molar-refractivity contribution in [2.75, 3.05) is 6.54 Å². The zero-order valence-corrected chi connectivity index (χ0v) is 7.60. The molecule has 1 aliphatic carbocycles. The highest BCUT2D eigenvalue weighted by molar-refractivity contribution is 4.75. The largest absolute Gasteiger partial charge is 0.371 e. The van der Waals surface area contributed by atoms with Crippen LogP contribution in [0, 0.1) is 0 Å². The van der Waals surface area contributed by atoms with E-state index in [1.54, 1.807) is 0 Å². The predicted molar refractivity (Wildman–Crippen MR) is 46.5 cm³/mol. The van der Waals surface area contributed by atoms with Crippen LogP contribution in [0.15, 0.2) is 0 Å². The molecular formula is C9H19NO. The highest BCUT2D eigenvalue weighted by Gasteiger charge is 2.24. The maximum Gasteiger partial charge on any atom is 0.0751 e. The van der Waals surface area contributed by atoms with Gasteiger partial charge in [-0.15, -0.1) is 0 Å². The summed E-state index contributed by atoms with van der Waals surface area (Å²) in [6, 6.07) is 0. The first kappa shape index (κ1) is 9.01. The molecule has 11 heavy (non-hydrogen) atoms. The maximum atomic E-state index is 5.82. The molecule has 0 radical (unpaired) electrons. The first-order valence-corrected chi connectivity index (χ1v) is 4.52. The number of rotatable bonds is 3. The molecule has 2 N–H and O–H groups in total. The zero-order chi connectivity index (χ0) is 8.32. The van der Waals surface area contributed by atoms with Crippen molar-refractivity contribution in [2.24, 2.45) is 5.73 Å². The minimum Gasteiger partial charge on any atom is -0.371 e. The Morgan fingerprint density at radius 2 is 1.91 bits per heavy atom. The van der Waals surface area contributed by atoms with Gasteiger partial charge >= 0.3 is 0 Å². The van der Waals surface area contributed by atoms with Crippen LogP contribution >= 0.6 is 0 Å². The molecule has 1 rings (SSSR count). The third-order valence-corrected chi connectivity index (χ3v) is 2.28. The lowest BCUT2D eigenvalue weighted by atomic mass is 10.1. The third-order valence-electron chi connectivity index (χ3n) is 2.28. The van der Waals surface area contributed by atoms with E-state index in [0.29, 0.717) is 12.6 Å². The van der Waals surface area contributed by atoms with Crippen LogP contribution in [0.1, 0.15) is 39.5 Å². The fraction of sp³-hybridized carbons (Fsp3) is 1.00. The molecule has 0 aromatic rings. The molecular weight excluding hydrogens is 138 g/mol. The lowest BCUT2D eigenvalue weighted by molar-refractivity contribution is -0.0617. The average Bonchev–Trinajstić information content (AvgIpc) is 2.39. The van der Waals surface area contributed by atoms with E-state index in [4.69, 9.17) is 10.5 Å². The van der Waals surface area contributed by atoms with Gasteiger partial charge in [-0.1, -0.05) is 12.8 Å². The molecule has 66 valence electrons. The van der Waals surface area contributed by atoms with Crippen molar-refractivity contribution in [3.8, 4) is 0 Å². The van der Waals surface area contributed by atoms with E-state index in [9.17, 15) is 0 Å². The molecule has 1 saturated carbocycles. The van der Waals surface area contributed by atoms with Crippen LogP contribution in [0.5, 0.6) is 0 Å². The molecule has 0 saturated heterocycles. The summed E-state index contributed by atoms with van der Waals surface area (Å²) >= 11 is 0. The fourth-order valence-corrected chi connectivity index (χ4v) is 1.51. The Hall–Kier alpha value is -0.0800. The molecule has 2 nitrogen and oxygen atoms in total. The van der Waals surface area contributed by atoms with Gasteiger partial charge < -0.3 is 10.5 Å². The van der Waals surface area contributed by atoms with Gasteiger partial charge in [0.2, 0.25) is 0 Å². The van der Waals surface area contributed by atoms with Crippen LogP contribution in [-0.4, -0.2) is 18.2 Å². The summed E-state index contributed by atoms with van der Waals surface area (Å²) < 4.78 is 5.82. The first-order valence-electron chi connectivity index (χ1n) is 4.52. The van der Waals surface area contributed by atoms with E-state index in [2.05, 4.69) is 13.8 Å². The molecule has 0 aliphatic heterocycles. The SMILES string of the molecule is CC(C)(CN)OC1CCCC1. The molecule has 1 aliphatic rings. The maximum absolute atomic E-state index is 5.82. The smallest absolute Gasteiger partial charge is 0.0751 e. The lowest BCUT2D eigenvalue weighted by Gasteiger charge is -2.27. The van der Waals surface area contributed by atoms with E-state index in [0.717, 1.165) is 0 Å². The topological polar surface area (TPSA) is 35.2 Å². The minimum atomic E-state index is -0.116. The first-order chi connectivity index (χ1) is 5.14. The van der Waals surface area contributed by atoms with Crippen molar-refractivity contribution in [2.45, 2.75) is 51.2 Å². The Balaban J connectivity index is 2.28. The second kappa shape index (κ2) is 3.55. The Morgan fingerprint density at radius 3 is 2.36 bits per heavy atom. The Kier molecular flexibility index (Phi) is 2.90. The molecule has 0 atom stereocenters. The standard InChI is InChI=1S/C9H19NO/c1-9(2,7-10)11-8-5-3-4-6-8/h8H,3-7,10H2,1-2H3. The van der Waals surface area contributed by atoms with E-state index < -0.39 is 0 Å². The van der Waals surface area contributed by atoms with Gasteiger partial charge in [0.15, 0.2) is 0 Å². The molecule has 0 bridgehead atoms. The molecule has 1 fully saturated rings. The average molecular weight is 157 g/mol. The summed E-state index contributed by atoms with van der Waals surface area (Å²) in [5.41, 5.74) is 5.44. The third kappa shape index (κ3) is 2.80. The van der Waals surface area contributed by atoms with E-state index in [-0.39, 0.29) is 5.60 Å². The Bertz CT molecular complexity index is 117. The molecule has 0 aromatic heterocycles. The molecule has 0 heterocycles. The van der Waals surface area contributed by atoms with Crippen LogP contribution < -0.4 is 5.73 Å². The van der Waals surface area contributed by atoms with E-state index in [1.807, 2.05) is 0 Å². The summed E-state index contributed by atoms with van der Waals surface area (Å²) in [6.45, 7) is 4.74. The van der Waals surface area contributed by atoms with Gasteiger partial charge in [0.25, 0.3) is 0 Å². The van der Waals surface area contributed by atoms with Crippen molar-refractivity contribution in [3.05, 3.63) is 0 Å². The Labute approximate surface area is 69.1 Å². The second-order valence-corrected chi connectivity index (χ2v) is 3.99. The quantitative estimate of drug-likeness (QED) is 0.676. The highest BCUT2D eigenvalue weighted by atomic mass is 16.5. The van der Waals surface area contributed by atoms with Gasteiger partial charge in [-0.2, -0.15) is 0 Å². The summed E-state index contributed by atoms with van der Waals surface area (Å²) in [5.74, 6) is 0. The summed E-state index contributed by atoms with van der Waals surface area (Å²) in [7, 11) is 0. The second-order valence-electron chi connectivity index (χ2n) is 3.99. The van der Waals surface area contributed by atoms with Gasteiger partial charge in [-0.25, -0.2) is 0 Å². The van der Waals surface area contributed by atoms with Crippen LogP contribution in [0.25, 0.3) is 0 Å². The van der Waals surface area contributed by atoms with Crippen molar-refractivity contribution >= 4 is 0 Å². The van der Waals surface area contributed by atoms with Crippen LogP contribution in [-0.2, 0) is 4.74 Å². The van der Waals surface area contributed by atoms with Crippen molar-refractivity contribution < 1.29 is 4.74 Å². The zero-order valence-electron chi connectivity index (χ0n) is 7.60. The number of nitrogens with two attached hydrogens (primary N) is 1. The monoisotopic (exact) mass is 157 g/mol. The van der Waals surface area contributed by atoms with Gasteiger partial charge in [-0.05, 0) is 26.7 Å². The summed E-state index contributed by atoms with van der Waals surface area (Å²) in [5, 5.41) is 0. The molecule has 2 heteroatoms. The Morgan fingerprint density at radius 1 is 1.36 bits per heavy atom. The number of ether oxygens (including phenoxy) is 1. The van der Waals surface area contributed by atoms with Gasteiger partial charge in [-0.3, -0.25) is 0 Å². The lowest BCUT2D eigenvalue weighted by Crippen LogP contribution is -2.37. The molecule has 0 unspecified atom stereocenters. The number of hydrogen-bond acceptors (Lipinski definition) is 2. The van der Waals surface area contributed by atoms with Gasteiger partial charge in [0.1, 0.15) is 0 Å². The molecule has 0 spiro atoms. The summed E-state index contributed by atoms with van der Waals surface area (Å²) in [6.07, 6.45) is 5.58. The molecule has 0 amide bonds. The fourth-order valence-electron chi connectivity index (χ4n) is 1.51. The summed E-state index contributed by atoms with van der Waals surface area (Å²) in [4.78, 5) is 0. The van der Waals surface area contributed by atoms with Crippen molar-refractivity contribution in [3.63, 3.8) is 0 Å². The van der Waals surface area contributed by atoms with Crippen LogP contribution in [0.3, 0.4) is 0 Å². The normalized spacial score (nSPS) is 21.0. The van der Waals surface area contributed by atoms with Gasteiger partial charge in [0.05, 0.1) is 11.7 Å². The van der Waals surface area contributed by atoms with Crippen molar-refractivity contribution in [1.29, 1.82) is 0 Å². The van der Waals surface area contributed by atoms with Crippen LogP contribution in [0.2, 0.25) is 0 Å². The predicted octanol–water partition coefficient (Wildman–Crippen LogP) is 1.68. The number of hydrogen-bond donors (Lipinski definition) is 1. The molecule has 0 aromatic carbocycles. The minimum absolute atomic E-state index is 0.116. The van der Waals surface area contributed by atoms with E-state index in [1.165, 1.54) is 25.7 Å². The highest BCUT2D eigenvalue weighted by Crippen LogP contribution is 2.25. The van der Waals surface area contributed by atoms with Gasteiger partial charge in [0, 0.05) is 6.54 Å².